The van der Waals surface area contributed by atoms with E-state index in [2.05, 4.69) is 40.6 Å². The van der Waals surface area contributed by atoms with E-state index in [4.69, 9.17) is 9.47 Å². The first-order valence-corrected chi connectivity index (χ1v) is 13.6. The van der Waals surface area contributed by atoms with Crippen molar-refractivity contribution in [3.8, 4) is 11.5 Å². The van der Waals surface area contributed by atoms with Crippen LogP contribution in [0.5, 0.6) is 11.5 Å². The first kappa shape index (κ1) is 24.6. The topological polar surface area (TPSA) is 83.6 Å². The number of carboxylic acids is 1. The number of methoxy groups -OCH3 is 1. The maximum Gasteiger partial charge on any atom is 0.321 e. The molecule has 6 heteroatoms. The Hall–Kier alpha value is -3.77. The van der Waals surface area contributed by atoms with Crippen molar-refractivity contribution in [3.63, 3.8) is 0 Å². The van der Waals surface area contributed by atoms with Crippen LogP contribution in [-0.4, -0.2) is 29.2 Å². The lowest BCUT2D eigenvalue weighted by Gasteiger charge is -2.30. The summed E-state index contributed by atoms with van der Waals surface area (Å²) in [5, 5.41) is 14.4. The molecule has 2 unspecified atom stereocenters. The van der Waals surface area contributed by atoms with Crippen LogP contribution in [0.1, 0.15) is 72.0 Å². The van der Waals surface area contributed by atoms with E-state index < -0.39 is 12.0 Å². The number of carbonyl (C=O) groups is 1. The van der Waals surface area contributed by atoms with Crippen molar-refractivity contribution in [3.05, 3.63) is 94.7 Å². The van der Waals surface area contributed by atoms with Gasteiger partial charge in [-0.05, 0) is 59.7 Å². The van der Waals surface area contributed by atoms with Crippen molar-refractivity contribution in [2.75, 3.05) is 7.11 Å². The lowest BCUT2D eigenvalue weighted by molar-refractivity contribution is -0.139. The molecule has 1 aliphatic heterocycles. The molecule has 2 heterocycles. The fourth-order valence-electron chi connectivity index (χ4n) is 6.27. The minimum atomic E-state index is -0.845. The third-order valence-electron chi connectivity index (χ3n) is 8.19. The largest absolute Gasteiger partial charge is 0.496 e. The van der Waals surface area contributed by atoms with E-state index in [9.17, 15) is 9.90 Å². The molecule has 1 aliphatic carbocycles. The molecule has 0 spiro atoms. The van der Waals surface area contributed by atoms with E-state index >= 15 is 0 Å². The normalized spacial score (nSPS) is 19.7. The molecule has 3 aromatic carbocycles. The molecular formula is C32H34N2O4. The van der Waals surface area contributed by atoms with Crippen LogP contribution >= 0.6 is 0 Å². The predicted molar refractivity (Wildman–Crippen MR) is 148 cm³/mol. The van der Waals surface area contributed by atoms with Gasteiger partial charge >= 0.3 is 5.97 Å². The summed E-state index contributed by atoms with van der Waals surface area (Å²) in [6, 6.07) is 21.6. The summed E-state index contributed by atoms with van der Waals surface area (Å²) >= 11 is 0. The van der Waals surface area contributed by atoms with E-state index in [1.165, 1.54) is 37.7 Å². The molecular weight excluding hydrogens is 476 g/mol. The molecule has 0 saturated heterocycles. The number of fused-ring (bicyclic) bond motifs is 3. The van der Waals surface area contributed by atoms with E-state index in [0.29, 0.717) is 18.9 Å². The van der Waals surface area contributed by atoms with E-state index in [-0.39, 0.29) is 6.04 Å². The van der Waals surface area contributed by atoms with Crippen LogP contribution < -0.4 is 14.8 Å². The zero-order valence-electron chi connectivity index (χ0n) is 21.7. The van der Waals surface area contributed by atoms with Gasteiger partial charge in [-0.1, -0.05) is 61.7 Å². The zero-order valence-corrected chi connectivity index (χ0v) is 21.7. The number of para-hydroxylation sites is 2. The highest BCUT2D eigenvalue weighted by atomic mass is 16.5. The van der Waals surface area contributed by atoms with Crippen LogP contribution in [0.2, 0.25) is 0 Å². The second-order valence-corrected chi connectivity index (χ2v) is 10.5. The number of H-pyrrole nitrogens is 1. The van der Waals surface area contributed by atoms with Gasteiger partial charge in [0.2, 0.25) is 0 Å². The Balaban J connectivity index is 1.32. The van der Waals surface area contributed by atoms with Crippen molar-refractivity contribution < 1.29 is 19.4 Å². The third kappa shape index (κ3) is 4.65. The summed E-state index contributed by atoms with van der Waals surface area (Å²) < 4.78 is 12.1. The molecule has 1 aromatic heterocycles. The average Bonchev–Trinajstić information content (AvgIpc) is 3.35. The Bertz CT molecular complexity index is 1450. The molecule has 6 nitrogen and oxygen atoms in total. The van der Waals surface area contributed by atoms with Gasteiger partial charge in [0.1, 0.15) is 24.1 Å². The standard InChI is InChI=1S/C32H34N2O4/c1-37-28-16-15-21(17-22(28)19-38-29-14-8-6-11-23(29)20-9-3-2-4-10-20)30-31-25(18-27(34-30)32(35)36)24-12-5-7-13-26(24)33-31/h5-8,11-17,20,27,30,33-34H,2-4,9-10,18-19H2,1H3,(H,35,36). The fraction of sp³-hybridized carbons (Fsp3) is 0.344. The minimum Gasteiger partial charge on any atom is -0.496 e. The Morgan fingerprint density at radius 3 is 2.58 bits per heavy atom. The van der Waals surface area contributed by atoms with Gasteiger partial charge in [0.15, 0.2) is 0 Å². The maximum absolute atomic E-state index is 12.1. The van der Waals surface area contributed by atoms with Crippen LogP contribution in [0.4, 0.5) is 0 Å². The molecule has 0 radical (unpaired) electrons. The molecule has 38 heavy (non-hydrogen) atoms. The molecule has 1 saturated carbocycles. The quantitative estimate of drug-likeness (QED) is 0.265. The highest BCUT2D eigenvalue weighted by molar-refractivity contribution is 5.87. The van der Waals surface area contributed by atoms with E-state index in [1.54, 1.807) is 7.11 Å². The summed E-state index contributed by atoms with van der Waals surface area (Å²) in [7, 11) is 1.67. The molecule has 0 amide bonds. The molecule has 2 atom stereocenters. The number of hydrogen-bond acceptors (Lipinski definition) is 4. The Kier molecular flexibility index (Phi) is 6.81. The lowest BCUT2D eigenvalue weighted by Crippen LogP contribution is -2.45. The number of hydrogen-bond donors (Lipinski definition) is 3. The van der Waals surface area contributed by atoms with Crippen molar-refractivity contribution in [1.29, 1.82) is 0 Å². The number of benzene rings is 3. The van der Waals surface area contributed by atoms with Gasteiger partial charge < -0.3 is 19.6 Å². The van der Waals surface area contributed by atoms with Gasteiger partial charge in [-0.3, -0.25) is 10.1 Å². The zero-order chi connectivity index (χ0) is 26.1. The first-order chi connectivity index (χ1) is 18.6. The average molecular weight is 511 g/mol. The van der Waals surface area contributed by atoms with Crippen LogP contribution in [0.3, 0.4) is 0 Å². The second-order valence-electron chi connectivity index (χ2n) is 10.5. The van der Waals surface area contributed by atoms with Crippen LogP contribution in [0.25, 0.3) is 10.9 Å². The number of nitrogens with one attached hydrogen (secondary N) is 2. The van der Waals surface area contributed by atoms with Gasteiger partial charge in [0.25, 0.3) is 0 Å². The summed E-state index contributed by atoms with van der Waals surface area (Å²) in [6.45, 7) is 0.370. The van der Waals surface area contributed by atoms with Gasteiger partial charge in [-0.15, -0.1) is 0 Å². The van der Waals surface area contributed by atoms with Crippen LogP contribution in [0.15, 0.2) is 66.7 Å². The third-order valence-corrected chi connectivity index (χ3v) is 8.19. The Morgan fingerprint density at radius 1 is 0.974 bits per heavy atom. The van der Waals surface area contributed by atoms with Gasteiger partial charge in [-0.2, -0.15) is 0 Å². The van der Waals surface area contributed by atoms with Gasteiger partial charge in [-0.25, -0.2) is 0 Å². The summed E-state index contributed by atoms with van der Waals surface area (Å²) in [4.78, 5) is 15.6. The lowest BCUT2D eigenvalue weighted by atomic mass is 9.84. The molecule has 4 aromatic rings. The maximum atomic E-state index is 12.1. The highest BCUT2D eigenvalue weighted by Gasteiger charge is 2.34. The number of ether oxygens (including phenoxy) is 2. The Labute approximate surface area is 223 Å². The van der Waals surface area contributed by atoms with Crippen molar-refractivity contribution in [2.24, 2.45) is 0 Å². The molecule has 196 valence electrons. The fourth-order valence-corrected chi connectivity index (χ4v) is 6.27. The van der Waals surface area contributed by atoms with Gasteiger partial charge in [0, 0.05) is 28.6 Å². The predicted octanol–water partition coefficient (Wildman–Crippen LogP) is 6.49. The smallest absolute Gasteiger partial charge is 0.321 e. The number of aromatic amines is 1. The van der Waals surface area contributed by atoms with Gasteiger partial charge in [0.05, 0.1) is 13.2 Å². The van der Waals surface area contributed by atoms with Crippen molar-refractivity contribution in [2.45, 2.75) is 63.1 Å². The molecule has 0 bridgehead atoms. The van der Waals surface area contributed by atoms with Crippen molar-refractivity contribution >= 4 is 16.9 Å². The Morgan fingerprint density at radius 2 is 1.76 bits per heavy atom. The number of rotatable bonds is 7. The number of aliphatic carboxylic acids is 1. The first-order valence-electron chi connectivity index (χ1n) is 13.6. The molecule has 3 N–H and O–H groups in total. The van der Waals surface area contributed by atoms with Crippen molar-refractivity contribution in [1.82, 2.24) is 10.3 Å². The highest BCUT2D eigenvalue weighted by Crippen LogP contribution is 2.39. The van der Waals surface area contributed by atoms with E-state index in [1.807, 2.05) is 36.4 Å². The number of carboxylic acid groups (broad SMARTS) is 1. The monoisotopic (exact) mass is 510 g/mol. The summed E-state index contributed by atoms with van der Waals surface area (Å²) in [5.41, 5.74) is 6.30. The molecule has 6 rings (SSSR count). The SMILES string of the molecule is COc1ccc(C2NC(C(=O)O)Cc3c2[nH]c2ccccc32)cc1COc1ccccc1C1CCCCC1. The summed E-state index contributed by atoms with van der Waals surface area (Å²) in [6.07, 6.45) is 6.73. The van der Waals surface area contributed by atoms with Crippen LogP contribution in [-0.2, 0) is 17.8 Å². The second kappa shape index (κ2) is 10.5. The minimum absolute atomic E-state index is 0.286. The molecule has 2 aliphatic rings. The van der Waals surface area contributed by atoms with E-state index in [0.717, 1.165) is 44.8 Å². The number of aromatic nitrogens is 1. The van der Waals surface area contributed by atoms with Crippen LogP contribution in [0, 0.1) is 0 Å². The molecule has 1 fully saturated rings. The summed E-state index contributed by atoms with van der Waals surface area (Å²) in [5.74, 6) is 1.40.